The maximum atomic E-state index is 12.2. The fourth-order valence-electron chi connectivity index (χ4n) is 2.80. The summed E-state index contributed by atoms with van der Waals surface area (Å²) in [5, 5.41) is 1.23. The van der Waals surface area contributed by atoms with Gasteiger partial charge in [-0.05, 0) is 24.0 Å². The average molecular weight is 208 g/mol. The van der Waals surface area contributed by atoms with E-state index < -0.39 is 8.07 Å². The van der Waals surface area contributed by atoms with Crippen LogP contribution < -0.4 is 0 Å². The van der Waals surface area contributed by atoms with Crippen molar-refractivity contribution < 1.29 is 4.79 Å². The number of hydrogen-bond acceptors (Lipinski definition) is 1. The second kappa shape index (κ2) is 3.33. The number of carbonyl (C=O) groups is 1. The zero-order valence-corrected chi connectivity index (χ0v) is 10.5. The lowest BCUT2D eigenvalue weighted by Gasteiger charge is -2.23. The van der Waals surface area contributed by atoms with Crippen LogP contribution in [0, 0.1) is 11.8 Å². The zero-order chi connectivity index (χ0) is 10.3. The summed E-state index contributed by atoms with van der Waals surface area (Å²) in [7, 11) is -1.36. The lowest BCUT2D eigenvalue weighted by molar-refractivity contribution is -0.119. The van der Waals surface area contributed by atoms with E-state index in [4.69, 9.17) is 0 Å². The number of rotatable bonds is 1. The van der Waals surface area contributed by atoms with E-state index in [1.807, 2.05) is 0 Å². The molecule has 0 N–H and O–H groups in total. The molecule has 0 spiro atoms. The fourth-order valence-corrected chi connectivity index (χ4v) is 4.44. The minimum absolute atomic E-state index is 0.380. The van der Waals surface area contributed by atoms with Crippen molar-refractivity contribution in [3.05, 3.63) is 11.3 Å². The van der Waals surface area contributed by atoms with Crippen LogP contribution in [-0.2, 0) is 4.79 Å². The molecule has 1 nitrogen and oxygen atoms in total. The maximum Gasteiger partial charge on any atom is 0.158 e. The Morgan fingerprint density at radius 3 is 2.43 bits per heavy atom. The van der Waals surface area contributed by atoms with Gasteiger partial charge in [0.25, 0.3) is 0 Å². The van der Waals surface area contributed by atoms with Crippen LogP contribution in [0.3, 0.4) is 0 Å². The van der Waals surface area contributed by atoms with Crippen molar-refractivity contribution in [3.63, 3.8) is 0 Å². The molecule has 14 heavy (non-hydrogen) atoms. The van der Waals surface area contributed by atoms with Gasteiger partial charge in [-0.15, -0.1) is 0 Å². The summed E-state index contributed by atoms with van der Waals surface area (Å²) in [6.07, 6.45) is 7.32. The van der Waals surface area contributed by atoms with E-state index in [1.165, 1.54) is 24.5 Å². The van der Waals surface area contributed by atoms with E-state index in [1.54, 1.807) is 0 Å². The van der Waals surface area contributed by atoms with E-state index >= 15 is 0 Å². The van der Waals surface area contributed by atoms with Crippen LogP contribution in [0.15, 0.2) is 11.3 Å². The molecule has 0 amide bonds. The molecular weight excluding hydrogens is 188 g/mol. The molecule has 0 aromatic carbocycles. The largest absolute Gasteiger partial charge is 0.295 e. The van der Waals surface area contributed by atoms with Crippen LogP contribution in [0.2, 0.25) is 19.6 Å². The van der Waals surface area contributed by atoms with E-state index in [2.05, 4.69) is 25.7 Å². The lowest BCUT2D eigenvalue weighted by atomic mass is 9.81. The van der Waals surface area contributed by atoms with Gasteiger partial charge in [0.2, 0.25) is 0 Å². The molecule has 0 aromatic heterocycles. The Labute approximate surface area is 87.6 Å². The maximum absolute atomic E-state index is 12.2. The summed E-state index contributed by atoms with van der Waals surface area (Å²) in [6, 6.07) is 0. The lowest BCUT2D eigenvalue weighted by Crippen LogP contribution is -2.30. The van der Waals surface area contributed by atoms with Gasteiger partial charge in [0.05, 0.1) is 8.07 Å². The molecule has 78 valence electrons. The molecule has 1 fully saturated rings. The summed E-state index contributed by atoms with van der Waals surface area (Å²) < 4.78 is 0. The molecule has 0 aromatic rings. The Hall–Kier alpha value is -0.373. The van der Waals surface area contributed by atoms with Crippen molar-refractivity contribution >= 4 is 13.9 Å². The van der Waals surface area contributed by atoms with Crippen molar-refractivity contribution in [2.75, 3.05) is 0 Å². The SMILES string of the molecule is C[Si](C)(C)C1=C[C@@H]2CCCC[C@@H]2C1=O. The first kappa shape index (κ1) is 10.2. The van der Waals surface area contributed by atoms with Gasteiger partial charge in [0.1, 0.15) is 0 Å². The van der Waals surface area contributed by atoms with Gasteiger partial charge in [-0.3, -0.25) is 4.79 Å². The number of allylic oxidation sites excluding steroid dienone is 2. The number of fused-ring (bicyclic) bond motifs is 1. The zero-order valence-electron chi connectivity index (χ0n) is 9.47. The van der Waals surface area contributed by atoms with Crippen molar-refractivity contribution in [1.29, 1.82) is 0 Å². The molecule has 0 bridgehead atoms. The summed E-state index contributed by atoms with van der Waals surface area (Å²) in [5.74, 6) is 1.50. The van der Waals surface area contributed by atoms with Crippen LogP contribution in [-0.4, -0.2) is 13.9 Å². The molecule has 2 rings (SSSR count). The molecule has 2 heteroatoms. The van der Waals surface area contributed by atoms with Crippen molar-refractivity contribution in [2.24, 2.45) is 11.8 Å². The number of carbonyl (C=O) groups excluding carboxylic acids is 1. The van der Waals surface area contributed by atoms with Crippen LogP contribution in [0.5, 0.6) is 0 Å². The Kier molecular flexibility index (Phi) is 2.42. The second-order valence-corrected chi connectivity index (χ2v) is 10.8. The molecule has 0 radical (unpaired) electrons. The summed E-state index contributed by atoms with van der Waals surface area (Å²) >= 11 is 0. The summed E-state index contributed by atoms with van der Waals surface area (Å²) in [4.78, 5) is 12.2. The monoisotopic (exact) mass is 208 g/mol. The highest BCUT2D eigenvalue weighted by Gasteiger charge is 2.41. The highest BCUT2D eigenvalue weighted by Crippen LogP contribution is 2.41. The van der Waals surface area contributed by atoms with Gasteiger partial charge in [-0.25, -0.2) is 0 Å². The van der Waals surface area contributed by atoms with Crippen LogP contribution in [0.1, 0.15) is 25.7 Å². The molecule has 0 unspecified atom stereocenters. The van der Waals surface area contributed by atoms with Gasteiger partial charge in [-0.2, -0.15) is 0 Å². The molecular formula is C12H20OSi. The first-order chi connectivity index (χ1) is 6.50. The van der Waals surface area contributed by atoms with Crippen LogP contribution >= 0.6 is 0 Å². The van der Waals surface area contributed by atoms with Gasteiger partial charge in [0, 0.05) is 5.92 Å². The minimum atomic E-state index is -1.36. The molecule has 0 saturated heterocycles. The fraction of sp³-hybridized carbons (Fsp3) is 0.750. The van der Waals surface area contributed by atoms with Gasteiger partial charge in [-0.1, -0.05) is 38.6 Å². The smallest absolute Gasteiger partial charge is 0.158 e. The predicted molar refractivity (Wildman–Crippen MR) is 61.9 cm³/mol. The molecule has 0 heterocycles. The molecule has 2 aliphatic rings. The third kappa shape index (κ3) is 1.60. The highest BCUT2D eigenvalue weighted by molar-refractivity contribution is 6.87. The molecule has 2 aliphatic carbocycles. The summed E-state index contributed by atoms with van der Waals surface area (Å²) in [5.41, 5.74) is 0. The summed E-state index contributed by atoms with van der Waals surface area (Å²) in [6.45, 7) is 6.86. The van der Waals surface area contributed by atoms with Gasteiger partial charge >= 0.3 is 0 Å². The number of Topliss-reactive ketones (excluding diaryl/α,β-unsaturated/α-hetero) is 1. The predicted octanol–water partition coefficient (Wildman–Crippen LogP) is 3.18. The van der Waals surface area contributed by atoms with Gasteiger partial charge < -0.3 is 0 Å². The Bertz CT molecular complexity index is 285. The molecule has 2 atom stereocenters. The Morgan fingerprint density at radius 1 is 1.21 bits per heavy atom. The second-order valence-electron chi connectivity index (χ2n) is 5.75. The van der Waals surface area contributed by atoms with Crippen LogP contribution in [0.4, 0.5) is 0 Å². The first-order valence-corrected chi connectivity index (χ1v) is 9.26. The van der Waals surface area contributed by atoms with Crippen molar-refractivity contribution in [2.45, 2.75) is 45.3 Å². The Morgan fingerprint density at radius 2 is 1.86 bits per heavy atom. The van der Waals surface area contributed by atoms with E-state index in [-0.39, 0.29) is 0 Å². The van der Waals surface area contributed by atoms with E-state index in [0.29, 0.717) is 17.6 Å². The molecule has 0 aliphatic heterocycles. The van der Waals surface area contributed by atoms with E-state index in [0.717, 1.165) is 6.42 Å². The quantitative estimate of drug-likeness (QED) is 0.605. The topological polar surface area (TPSA) is 17.1 Å². The Balaban J connectivity index is 2.25. The number of hydrogen-bond donors (Lipinski definition) is 0. The van der Waals surface area contributed by atoms with E-state index in [9.17, 15) is 4.79 Å². The number of ketones is 1. The first-order valence-electron chi connectivity index (χ1n) is 5.76. The normalized spacial score (nSPS) is 32.8. The average Bonchev–Trinajstić information content (AvgIpc) is 2.44. The third-order valence-electron chi connectivity index (χ3n) is 3.61. The minimum Gasteiger partial charge on any atom is -0.295 e. The highest BCUT2D eigenvalue weighted by atomic mass is 28.3. The van der Waals surface area contributed by atoms with Crippen molar-refractivity contribution in [1.82, 2.24) is 0 Å². The molecule has 1 saturated carbocycles. The standard InChI is InChI=1S/C12H20OSi/c1-14(2,3)11-8-9-6-4-5-7-10(9)12(11)13/h8-10H,4-7H2,1-3H3/t9-,10-/m0/s1. The third-order valence-corrected chi connectivity index (χ3v) is 5.64. The van der Waals surface area contributed by atoms with Crippen molar-refractivity contribution in [3.8, 4) is 0 Å². The van der Waals surface area contributed by atoms with Crippen LogP contribution in [0.25, 0.3) is 0 Å². The van der Waals surface area contributed by atoms with Gasteiger partial charge in [0.15, 0.2) is 5.78 Å².